The Morgan fingerprint density at radius 2 is 1.42 bits per heavy atom. The Bertz CT molecular complexity index is 1100. The molecule has 8 nitrogen and oxygen atoms in total. The van der Waals surface area contributed by atoms with E-state index in [4.69, 9.17) is 0 Å². The number of carbonyl (C=O) groups excluding carboxylic acids is 3. The SMILES string of the molecule is Cc1ccc(S(=O)(=O)N2CCN(CCC(=O)N3C(=O)c4ccccc4C3=O)CC2)cc1. The van der Waals surface area contributed by atoms with Crippen LogP contribution in [0.15, 0.2) is 53.4 Å². The minimum absolute atomic E-state index is 0.0101. The Morgan fingerprint density at radius 1 is 0.871 bits per heavy atom. The summed E-state index contributed by atoms with van der Waals surface area (Å²) in [5, 5.41) is 0. The molecule has 4 rings (SSSR count). The Morgan fingerprint density at radius 3 is 1.97 bits per heavy atom. The first kappa shape index (κ1) is 21.4. The average Bonchev–Trinajstić information content (AvgIpc) is 3.03. The third kappa shape index (κ3) is 4.04. The van der Waals surface area contributed by atoms with Crippen LogP contribution in [0.4, 0.5) is 0 Å². The molecule has 1 fully saturated rings. The molecule has 2 aromatic carbocycles. The molecule has 3 amide bonds. The quantitative estimate of drug-likeness (QED) is 0.653. The largest absolute Gasteiger partial charge is 0.300 e. The van der Waals surface area contributed by atoms with E-state index in [1.807, 2.05) is 11.8 Å². The van der Waals surface area contributed by atoms with E-state index in [-0.39, 0.29) is 22.4 Å². The maximum absolute atomic E-state index is 12.8. The zero-order chi connectivity index (χ0) is 22.2. The van der Waals surface area contributed by atoms with E-state index in [0.717, 1.165) is 5.56 Å². The van der Waals surface area contributed by atoms with E-state index in [1.54, 1.807) is 36.4 Å². The monoisotopic (exact) mass is 441 g/mol. The molecule has 1 saturated heterocycles. The zero-order valence-electron chi connectivity index (χ0n) is 17.2. The number of aryl methyl sites for hydroxylation is 1. The number of fused-ring (bicyclic) bond motifs is 1. The second kappa shape index (κ2) is 8.33. The number of sulfonamides is 1. The summed E-state index contributed by atoms with van der Waals surface area (Å²) in [5.74, 6) is -1.71. The molecule has 0 unspecified atom stereocenters. The van der Waals surface area contributed by atoms with Crippen molar-refractivity contribution >= 4 is 27.7 Å². The first-order valence-corrected chi connectivity index (χ1v) is 11.5. The van der Waals surface area contributed by atoms with Gasteiger partial charge in [-0.3, -0.25) is 14.4 Å². The van der Waals surface area contributed by atoms with E-state index >= 15 is 0 Å². The second-order valence-corrected chi connectivity index (χ2v) is 9.63. The molecule has 0 bridgehead atoms. The summed E-state index contributed by atoms with van der Waals surface area (Å²) < 4.78 is 27.0. The van der Waals surface area contributed by atoms with E-state index in [0.29, 0.717) is 37.6 Å². The highest BCUT2D eigenvalue weighted by Gasteiger charge is 2.39. The molecule has 0 saturated carbocycles. The number of piperazine rings is 1. The lowest BCUT2D eigenvalue weighted by Gasteiger charge is -2.34. The summed E-state index contributed by atoms with van der Waals surface area (Å²) in [5.41, 5.74) is 1.48. The molecule has 2 aliphatic heterocycles. The molecule has 0 spiro atoms. The lowest BCUT2D eigenvalue weighted by molar-refractivity contribution is -0.126. The van der Waals surface area contributed by atoms with Crippen molar-refractivity contribution in [3.8, 4) is 0 Å². The van der Waals surface area contributed by atoms with Gasteiger partial charge in [-0.1, -0.05) is 29.8 Å². The fourth-order valence-electron chi connectivity index (χ4n) is 3.83. The van der Waals surface area contributed by atoms with Gasteiger partial charge in [0.05, 0.1) is 16.0 Å². The topological polar surface area (TPSA) is 95.1 Å². The molecule has 9 heteroatoms. The molecule has 0 aromatic heterocycles. The van der Waals surface area contributed by atoms with E-state index in [1.165, 1.54) is 16.4 Å². The zero-order valence-corrected chi connectivity index (χ0v) is 18.0. The van der Waals surface area contributed by atoms with Crippen LogP contribution in [0.2, 0.25) is 0 Å². The number of rotatable bonds is 5. The molecule has 0 aliphatic carbocycles. The maximum atomic E-state index is 12.8. The summed E-state index contributed by atoms with van der Waals surface area (Å²) in [7, 11) is -3.55. The highest BCUT2D eigenvalue weighted by Crippen LogP contribution is 2.23. The first-order chi connectivity index (χ1) is 14.8. The molecule has 2 aromatic rings. The third-order valence-corrected chi connectivity index (χ3v) is 7.59. The summed E-state index contributed by atoms with van der Waals surface area (Å²) in [6, 6.07) is 13.1. The van der Waals surface area contributed by atoms with Crippen molar-refractivity contribution in [2.75, 3.05) is 32.7 Å². The molecular formula is C22H23N3O5S. The molecule has 162 valence electrons. The summed E-state index contributed by atoms with van der Waals surface area (Å²) >= 11 is 0. The van der Waals surface area contributed by atoms with Gasteiger partial charge in [0, 0.05) is 39.1 Å². The van der Waals surface area contributed by atoms with E-state index in [9.17, 15) is 22.8 Å². The highest BCUT2D eigenvalue weighted by molar-refractivity contribution is 7.89. The third-order valence-electron chi connectivity index (χ3n) is 5.68. The smallest absolute Gasteiger partial charge is 0.268 e. The van der Waals surface area contributed by atoms with Gasteiger partial charge in [0.2, 0.25) is 15.9 Å². The van der Waals surface area contributed by atoms with Gasteiger partial charge in [-0.05, 0) is 31.2 Å². The van der Waals surface area contributed by atoms with Crippen LogP contribution in [-0.4, -0.2) is 73.0 Å². The number of carbonyl (C=O) groups is 3. The number of nitrogens with zero attached hydrogens (tertiary/aromatic N) is 3. The average molecular weight is 442 g/mol. The summed E-state index contributed by atoms with van der Waals surface area (Å²) in [4.78, 5) is 40.3. The number of hydrogen-bond donors (Lipinski definition) is 0. The van der Waals surface area contributed by atoms with Crippen molar-refractivity contribution in [3.05, 3.63) is 65.2 Å². The van der Waals surface area contributed by atoms with Crippen molar-refractivity contribution in [2.45, 2.75) is 18.2 Å². The molecule has 0 atom stereocenters. The van der Waals surface area contributed by atoms with E-state index < -0.39 is 27.7 Å². The van der Waals surface area contributed by atoms with E-state index in [2.05, 4.69) is 0 Å². The van der Waals surface area contributed by atoms with Crippen LogP contribution in [-0.2, 0) is 14.8 Å². The van der Waals surface area contributed by atoms with Crippen LogP contribution >= 0.6 is 0 Å². The van der Waals surface area contributed by atoms with Crippen LogP contribution in [0.5, 0.6) is 0 Å². The fraction of sp³-hybridized carbons (Fsp3) is 0.318. The second-order valence-electron chi connectivity index (χ2n) is 7.69. The van der Waals surface area contributed by atoms with Crippen molar-refractivity contribution < 1.29 is 22.8 Å². The number of benzene rings is 2. The summed E-state index contributed by atoms with van der Waals surface area (Å²) in [6.45, 7) is 3.83. The van der Waals surface area contributed by atoms with Crippen LogP contribution in [0.25, 0.3) is 0 Å². The predicted molar refractivity (Wildman–Crippen MR) is 113 cm³/mol. The van der Waals surface area contributed by atoms with Gasteiger partial charge in [0.1, 0.15) is 0 Å². The van der Waals surface area contributed by atoms with Crippen LogP contribution in [0, 0.1) is 6.92 Å². The fourth-order valence-corrected chi connectivity index (χ4v) is 5.26. The molecule has 2 heterocycles. The number of amides is 3. The Hall–Kier alpha value is -2.88. The predicted octanol–water partition coefficient (Wildman–Crippen LogP) is 1.51. The van der Waals surface area contributed by atoms with Gasteiger partial charge in [0.25, 0.3) is 11.8 Å². The van der Waals surface area contributed by atoms with Crippen molar-refractivity contribution in [1.29, 1.82) is 0 Å². The van der Waals surface area contributed by atoms with Gasteiger partial charge in [-0.2, -0.15) is 4.31 Å². The van der Waals surface area contributed by atoms with Gasteiger partial charge in [-0.15, -0.1) is 0 Å². The van der Waals surface area contributed by atoms with Crippen molar-refractivity contribution in [3.63, 3.8) is 0 Å². The van der Waals surface area contributed by atoms with Crippen LogP contribution in [0.3, 0.4) is 0 Å². The Kier molecular flexibility index (Phi) is 5.74. The van der Waals surface area contributed by atoms with Crippen molar-refractivity contribution in [1.82, 2.24) is 14.1 Å². The molecule has 0 N–H and O–H groups in total. The normalized spacial score (nSPS) is 17.8. The minimum Gasteiger partial charge on any atom is -0.300 e. The van der Waals surface area contributed by atoms with Crippen LogP contribution < -0.4 is 0 Å². The molecular weight excluding hydrogens is 418 g/mol. The van der Waals surface area contributed by atoms with Crippen molar-refractivity contribution in [2.24, 2.45) is 0 Å². The van der Waals surface area contributed by atoms with Gasteiger partial charge in [-0.25, -0.2) is 13.3 Å². The standard InChI is InChI=1S/C22H23N3O5S/c1-16-6-8-17(9-7-16)31(29,30)24-14-12-23(13-15-24)11-10-20(26)25-21(27)18-4-2-3-5-19(18)22(25)28/h2-9H,10-15H2,1H3. The van der Waals surface area contributed by atoms with Gasteiger partial charge >= 0.3 is 0 Å². The highest BCUT2D eigenvalue weighted by atomic mass is 32.2. The lowest BCUT2D eigenvalue weighted by Crippen LogP contribution is -2.49. The van der Waals surface area contributed by atoms with Gasteiger partial charge in [0.15, 0.2) is 0 Å². The lowest BCUT2D eigenvalue weighted by atomic mass is 10.1. The summed E-state index contributed by atoms with van der Waals surface area (Å²) in [6.07, 6.45) is 0.0101. The Balaban J connectivity index is 1.32. The van der Waals surface area contributed by atoms with Crippen LogP contribution in [0.1, 0.15) is 32.7 Å². The molecule has 2 aliphatic rings. The Labute approximate surface area is 181 Å². The number of hydrogen-bond acceptors (Lipinski definition) is 6. The number of imide groups is 3. The minimum atomic E-state index is -3.55. The van der Waals surface area contributed by atoms with Gasteiger partial charge < -0.3 is 4.90 Å². The first-order valence-electron chi connectivity index (χ1n) is 10.1. The maximum Gasteiger partial charge on any atom is 0.268 e. The molecule has 31 heavy (non-hydrogen) atoms. The molecule has 0 radical (unpaired) electrons.